The van der Waals surface area contributed by atoms with Crippen LogP contribution in [0.2, 0.25) is 0 Å². The Morgan fingerprint density at radius 3 is 2.70 bits per heavy atom. The number of nitrogens with one attached hydrogen (secondary N) is 2. The molecule has 106 valence electrons. The molecule has 0 spiro atoms. The standard InChI is InChI=1S/C13H16N4O2S/c1-14-11-7-9(4-6-12(11)17(18)19)3-5-10-8-16-13(15-2)20-10/h4,6-8,14H,3,5H2,1-2H3,(H,15,16). The molecule has 6 nitrogen and oxygen atoms in total. The molecule has 1 aromatic heterocycles. The van der Waals surface area contributed by atoms with Gasteiger partial charge in [0, 0.05) is 31.2 Å². The van der Waals surface area contributed by atoms with E-state index in [2.05, 4.69) is 15.6 Å². The maximum atomic E-state index is 10.9. The zero-order valence-electron chi connectivity index (χ0n) is 11.3. The first-order valence-electron chi connectivity index (χ1n) is 6.21. The zero-order valence-corrected chi connectivity index (χ0v) is 12.2. The molecular weight excluding hydrogens is 276 g/mol. The smallest absolute Gasteiger partial charge is 0.292 e. The van der Waals surface area contributed by atoms with E-state index < -0.39 is 0 Å². The third-order valence-electron chi connectivity index (χ3n) is 2.95. The summed E-state index contributed by atoms with van der Waals surface area (Å²) in [5.41, 5.74) is 1.72. The number of aryl methyl sites for hydroxylation is 2. The molecule has 0 saturated heterocycles. The topological polar surface area (TPSA) is 80.1 Å². The molecule has 7 heteroatoms. The number of nitrogens with zero attached hydrogens (tertiary/aromatic N) is 2. The van der Waals surface area contributed by atoms with Crippen molar-refractivity contribution in [2.24, 2.45) is 0 Å². The van der Waals surface area contributed by atoms with Crippen molar-refractivity contribution in [1.29, 1.82) is 0 Å². The lowest BCUT2D eigenvalue weighted by molar-refractivity contribution is -0.383. The first-order valence-corrected chi connectivity index (χ1v) is 7.03. The zero-order chi connectivity index (χ0) is 14.5. The van der Waals surface area contributed by atoms with Gasteiger partial charge in [0.15, 0.2) is 5.13 Å². The first kappa shape index (κ1) is 14.3. The largest absolute Gasteiger partial charge is 0.383 e. The van der Waals surface area contributed by atoms with Crippen molar-refractivity contribution in [1.82, 2.24) is 4.98 Å². The van der Waals surface area contributed by atoms with Gasteiger partial charge in [0.25, 0.3) is 5.69 Å². The minimum Gasteiger partial charge on any atom is -0.383 e. The highest BCUT2D eigenvalue weighted by molar-refractivity contribution is 7.15. The summed E-state index contributed by atoms with van der Waals surface area (Å²) in [6, 6.07) is 5.18. The molecule has 2 N–H and O–H groups in total. The van der Waals surface area contributed by atoms with Gasteiger partial charge in [-0.25, -0.2) is 4.98 Å². The molecule has 1 heterocycles. The van der Waals surface area contributed by atoms with E-state index in [9.17, 15) is 10.1 Å². The number of hydrogen-bond donors (Lipinski definition) is 2. The lowest BCUT2D eigenvalue weighted by atomic mass is 10.1. The highest BCUT2D eigenvalue weighted by atomic mass is 32.1. The Morgan fingerprint density at radius 2 is 2.10 bits per heavy atom. The second-order valence-electron chi connectivity index (χ2n) is 4.24. The lowest BCUT2D eigenvalue weighted by Gasteiger charge is -2.05. The Hall–Kier alpha value is -2.15. The van der Waals surface area contributed by atoms with Crippen molar-refractivity contribution in [3.05, 3.63) is 45.0 Å². The molecule has 20 heavy (non-hydrogen) atoms. The molecule has 2 rings (SSSR count). The van der Waals surface area contributed by atoms with Crippen LogP contribution in [0.1, 0.15) is 10.4 Å². The maximum absolute atomic E-state index is 10.9. The summed E-state index contributed by atoms with van der Waals surface area (Å²) in [7, 11) is 3.53. The van der Waals surface area contributed by atoms with Crippen LogP contribution in [0.25, 0.3) is 0 Å². The van der Waals surface area contributed by atoms with Crippen molar-refractivity contribution < 1.29 is 4.92 Å². The van der Waals surface area contributed by atoms with Crippen molar-refractivity contribution in [2.45, 2.75) is 12.8 Å². The number of hydrogen-bond acceptors (Lipinski definition) is 6. The molecule has 0 radical (unpaired) electrons. The Balaban J connectivity index is 2.08. The molecule has 0 atom stereocenters. The van der Waals surface area contributed by atoms with Gasteiger partial charge in [-0.15, -0.1) is 11.3 Å². The second kappa shape index (κ2) is 6.33. The third kappa shape index (κ3) is 3.24. The Kier molecular flexibility index (Phi) is 4.52. The fraction of sp³-hybridized carbons (Fsp3) is 0.308. The number of aromatic nitrogens is 1. The van der Waals surface area contributed by atoms with Crippen molar-refractivity contribution in [3.63, 3.8) is 0 Å². The summed E-state index contributed by atoms with van der Waals surface area (Å²) in [6.45, 7) is 0. The van der Waals surface area contributed by atoms with E-state index in [0.717, 1.165) is 23.5 Å². The van der Waals surface area contributed by atoms with Crippen molar-refractivity contribution in [3.8, 4) is 0 Å². The van der Waals surface area contributed by atoms with Crippen molar-refractivity contribution in [2.75, 3.05) is 24.7 Å². The fourth-order valence-electron chi connectivity index (χ4n) is 1.90. The predicted molar refractivity (Wildman–Crippen MR) is 81.7 cm³/mol. The molecule has 0 aliphatic carbocycles. The Bertz CT molecular complexity index is 612. The molecule has 0 unspecified atom stereocenters. The first-order chi connectivity index (χ1) is 9.63. The van der Waals surface area contributed by atoms with E-state index in [1.54, 1.807) is 30.5 Å². The fourth-order valence-corrected chi connectivity index (χ4v) is 2.67. The Labute approximate surface area is 121 Å². The van der Waals surface area contributed by atoms with Gasteiger partial charge in [-0.3, -0.25) is 10.1 Å². The molecule has 1 aromatic carbocycles. The SMILES string of the molecule is CNc1ncc(CCc2ccc([N+](=O)[O-])c(NC)c2)s1. The summed E-state index contributed by atoms with van der Waals surface area (Å²) >= 11 is 1.62. The Morgan fingerprint density at radius 1 is 1.30 bits per heavy atom. The van der Waals surface area contributed by atoms with Gasteiger partial charge >= 0.3 is 0 Å². The molecule has 0 bridgehead atoms. The highest BCUT2D eigenvalue weighted by Crippen LogP contribution is 2.26. The van der Waals surface area contributed by atoms with E-state index in [1.807, 2.05) is 19.3 Å². The third-order valence-corrected chi connectivity index (χ3v) is 4.03. The molecule has 0 aliphatic rings. The summed E-state index contributed by atoms with van der Waals surface area (Å²) in [4.78, 5) is 15.9. The lowest BCUT2D eigenvalue weighted by Crippen LogP contribution is -1.98. The van der Waals surface area contributed by atoms with Crippen LogP contribution >= 0.6 is 11.3 Å². The molecule has 0 fully saturated rings. The van der Waals surface area contributed by atoms with E-state index in [0.29, 0.717) is 5.69 Å². The van der Waals surface area contributed by atoms with E-state index >= 15 is 0 Å². The van der Waals surface area contributed by atoms with Gasteiger partial charge in [0.1, 0.15) is 5.69 Å². The van der Waals surface area contributed by atoms with Gasteiger partial charge in [-0.2, -0.15) is 0 Å². The van der Waals surface area contributed by atoms with Crippen LogP contribution in [-0.2, 0) is 12.8 Å². The van der Waals surface area contributed by atoms with Crippen LogP contribution in [0.3, 0.4) is 0 Å². The van der Waals surface area contributed by atoms with Gasteiger partial charge in [-0.1, -0.05) is 6.07 Å². The summed E-state index contributed by atoms with van der Waals surface area (Å²) in [6.07, 6.45) is 3.57. The minimum absolute atomic E-state index is 0.103. The maximum Gasteiger partial charge on any atom is 0.292 e. The van der Waals surface area contributed by atoms with E-state index in [4.69, 9.17) is 0 Å². The average Bonchev–Trinajstić information content (AvgIpc) is 2.92. The van der Waals surface area contributed by atoms with E-state index in [1.165, 1.54) is 4.88 Å². The quantitative estimate of drug-likeness (QED) is 0.632. The minimum atomic E-state index is -0.377. The average molecular weight is 292 g/mol. The van der Waals surface area contributed by atoms with Gasteiger partial charge in [0.2, 0.25) is 0 Å². The number of benzene rings is 1. The van der Waals surface area contributed by atoms with Gasteiger partial charge < -0.3 is 10.6 Å². The van der Waals surface area contributed by atoms with Gasteiger partial charge in [0.05, 0.1) is 4.92 Å². The highest BCUT2D eigenvalue weighted by Gasteiger charge is 2.12. The van der Waals surface area contributed by atoms with E-state index in [-0.39, 0.29) is 10.6 Å². The molecule has 2 aromatic rings. The van der Waals surface area contributed by atoms with Crippen LogP contribution in [0, 0.1) is 10.1 Å². The number of nitro groups is 1. The van der Waals surface area contributed by atoms with Crippen molar-refractivity contribution >= 4 is 27.8 Å². The van der Waals surface area contributed by atoms with Crippen LogP contribution in [0.5, 0.6) is 0 Å². The predicted octanol–water partition coefficient (Wildman–Crippen LogP) is 2.92. The normalized spacial score (nSPS) is 10.3. The second-order valence-corrected chi connectivity index (χ2v) is 5.36. The molecule has 0 saturated carbocycles. The molecule has 0 aliphatic heterocycles. The molecule has 0 amide bonds. The summed E-state index contributed by atoms with van der Waals surface area (Å²) in [5, 5.41) is 17.6. The molecular formula is C13H16N4O2S. The van der Waals surface area contributed by atoms with Crippen LogP contribution in [-0.4, -0.2) is 24.0 Å². The monoisotopic (exact) mass is 292 g/mol. The summed E-state index contributed by atoms with van der Waals surface area (Å²) in [5.74, 6) is 0. The number of thiazole rings is 1. The summed E-state index contributed by atoms with van der Waals surface area (Å²) < 4.78 is 0. The number of anilines is 2. The van der Waals surface area contributed by atoms with Crippen LogP contribution in [0.15, 0.2) is 24.4 Å². The van der Waals surface area contributed by atoms with Crippen LogP contribution < -0.4 is 10.6 Å². The number of nitro benzene ring substituents is 1. The van der Waals surface area contributed by atoms with Crippen LogP contribution in [0.4, 0.5) is 16.5 Å². The number of rotatable bonds is 6. The van der Waals surface area contributed by atoms with Gasteiger partial charge in [-0.05, 0) is 24.5 Å².